The van der Waals surface area contributed by atoms with Gasteiger partial charge in [-0.1, -0.05) is 0 Å². The highest BCUT2D eigenvalue weighted by Crippen LogP contribution is 2.43. The van der Waals surface area contributed by atoms with Gasteiger partial charge in [-0.25, -0.2) is 14.4 Å². The average molecular weight is 585 g/mol. The van der Waals surface area contributed by atoms with Crippen LogP contribution >= 0.6 is 11.5 Å². The van der Waals surface area contributed by atoms with Crippen LogP contribution in [0.25, 0.3) is 44.2 Å². The topological polar surface area (TPSA) is 126 Å². The van der Waals surface area contributed by atoms with Crippen LogP contribution in [0.3, 0.4) is 0 Å². The predicted molar refractivity (Wildman–Crippen MR) is 163 cm³/mol. The third-order valence-electron chi connectivity index (χ3n) is 7.90. The maximum absolute atomic E-state index is 15.4. The van der Waals surface area contributed by atoms with Crippen LogP contribution in [0.1, 0.15) is 34.4 Å². The van der Waals surface area contributed by atoms with Crippen LogP contribution in [-0.2, 0) is 24.7 Å². The van der Waals surface area contributed by atoms with E-state index in [9.17, 15) is 9.90 Å². The Labute approximate surface area is 245 Å². The molecule has 0 spiro atoms. The Bertz CT molecular complexity index is 1910. The summed E-state index contributed by atoms with van der Waals surface area (Å²) in [6, 6.07) is 9.06. The van der Waals surface area contributed by atoms with E-state index in [0.29, 0.717) is 51.9 Å². The molecule has 0 aliphatic carbocycles. The molecule has 5 aromatic rings. The average Bonchev–Trinajstić information content (AvgIpc) is 3.60. The Morgan fingerprint density at radius 2 is 2.07 bits per heavy atom. The zero-order valence-electron chi connectivity index (χ0n) is 23.6. The molecule has 1 aliphatic rings. The van der Waals surface area contributed by atoms with Gasteiger partial charge in [0.2, 0.25) is 0 Å². The van der Waals surface area contributed by atoms with Gasteiger partial charge >= 0.3 is 5.97 Å². The Balaban J connectivity index is 1.56. The lowest BCUT2D eigenvalue weighted by Crippen LogP contribution is -2.13. The molecule has 4 heterocycles. The molecule has 0 saturated carbocycles. The second-order valence-corrected chi connectivity index (χ2v) is 11.1. The summed E-state index contributed by atoms with van der Waals surface area (Å²) >= 11 is 1.24. The molecule has 3 aromatic heterocycles. The third-order valence-corrected chi connectivity index (χ3v) is 8.63. The fraction of sp³-hybridized carbons (Fsp3) is 0.258. The highest BCUT2D eigenvalue weighted by atomic mass is 32.1. The van der Waals surface area contributed by atoms with Gasteiger partial charge < -0.3 is 25.1 Å². The van der Waals surface area contributed by atoms with Crippen LogP contribution in [0, 0.1) is 25.1 Å². The summed E-state index contributed by atoms with van der Waals surface area (Å²) in [7, 11) is 3.69. The van der Waals surface area contributed by atoms with Crippen molar-refractivity contribution >= 4 is 40.4 Å². The van der Waals surface area contributed by atoms with E-state index in [-0.39, 0.29) is 12.2 Å². The first-order chi connectivity index (χ1) is 20.2. The van der Waals surface area contributed by atoms with Gasteiger partial charge in [-0.15, -0.1) is 0 Å². The molecule has 214 valence electrons. The largest absolute Gasteiger partial charge is 0.490 e. The maximum atomic E-state index is 15.4. The number of hydrogen-bond acceptors (Lipinski definition) is 8. The molecule has 2 aromatic carbocycles. The fourth-order valence-corrected chi connectivity index (χ4v) is 6.51. The number of rotatable bonds is 7. The summed E-state index contributed by atoms with van der Waals surface area (Å²) in [5.74, 6) is -0.617. The Hall–Kier alpha value is -4.64. The molecule has 3 N–H and O–H groups in total. The van der Waals surface area contributed by atoms with E-state index in [4.69, 9.17) is 20.1 Å². The molecular weight excluding hydrogens is 555 g/mol. The first-order valence-electron chi connectivity index (χ1n) is 13.5. The van der Waals surface area contributed by atoms with Crippen LogP contribution < -0.4 is 10.1 Å². The van der Waals surface area contributed by atoms with Crippen LogP contribution in [0.15, 0.2) is 30.3 Å². The van der Waals surface area contributed by atoms with E-state index in [1.165, 1.54) is 23.8 Å². The number of fused-ring (bicyclic) bond motifs is 2. The molecule has 0 radical (unpaired) electrons. The predicted octanol–water partition coefficient (Wildman–Crippen LogP) is 6.17. The van der Waals surface area contributed by atoms with Crippen molar-refractivity contribution in [1.29, 1.82) is 5.41 Å². The van der Waals surface area contributed by atoms with Gasteiger partial charge in [0.1, 0.15) is 5.65 Å². The third kappa shape index (κ3) is 4.50. The van der Waals surface area contributed by atoms with Crippen molar-refractivity contribution in [1.82, 2.24) is 18.9 Å². The van der Waals surface area contributed by atoms with Crippen molar-refractivity contribution in [2.24, 2.45) is 7.05 Å². The molecule has 0 atom stereocenters. The number of aromatic nitrogens is 4. The minimum Gasteiger partial charge on any atom is -0.490 e. The summed E-state index contributed by atoms with van der Waals surface area (Å²) in [5, 5.41) is 22.0. The first-order valence-corrected chi connectivity index (χ1v) is 14.3. The molecule has 11 heteroatoms. The number of carbonyl (C=O) groups is 1. The molecule has 42 heavy (non-hydrogen) atoms. The number of nitrogens with zero attached hydrogens (tertiary/aromatic N) is 4. The number of anilines is 1. The molecule has 0 amide bonds. The van der Waals surface area contributed by atoms with Crippen molar-refractivity contribution in [3.63, 3.8) is 0 Å². The second kappa shape index (κ2) is 10.6. The fourth-order valence-electron chi connectivity index (χ4n) is 5.77. The van der Waals surface area contributed by atoms with Crippen molar-refractivity contribution in [2.45, 2.75) is 33.1 Å². The summed E-state index contributed by atoms with van der Waals surface area (Å²) in [5.41, 5.74) is 7.87. The number of aliphatic carboxylic acids is 1. The van der Waals surface area contributed by atoms with Crippen molar-refractivity contribution < 1.29 is 19.0 Å². The van der Waals surface area contributed by atoms with Gasteiger partial charge in [-0.05, 0) is 90.8 Å². The summed E-state index contributed by atoms with van der Waals surface area (Å²) in [6.45, 7) is 4.21. The molecule has 6 rings (SSSR count). The van der Waals surface area contributed by atoms with Gasteiger partial charge in [-0.3, -0.25) is 4.79 Å². The number of carboxylic acids is 1. The second-order valence-electron chi connectivity index (χ2n) is 10.4. The van der Waals surface area contributed by atoms with E-state index < -0.39 is 11.8 Å². The van der Waals surface area contributed by atoms with E-state index >= 15 is 4.39 Å². The van der Waals surface area contributed by atoms with Gasteiger partial charge in [0, 0.05) is 53.8 Å². The van der Waals surface area contributed by atoms with E-state index in [0.717, 1.165) is 45.4 Å². The number of ether oxygens (including phenoxy) is 1. The van der Waals surface area contributed by atoms with E-state index in [1.807, 2.05) is 42.8 Å². The molecular formula is C31H29FN6O3S. The standard InChI is InChI=1S/C31H29FN6O3S/c1-15-19-6-5-9-41-28(19)23(32)11-20(15)27-21(13-26(39)40)16(2)35-30-22(27)12-25(38(30)4)31-36-29(37-42-31)17-7-8-24(34-3)18(10-17)14-33/h7-8,10-12,14,33-34H,5-6,9,13H2,1-4H3,(H,39,40). The number of hydrogen-bond donors (Lipinski definition) is 3. The van der Waals surface area contributed by atoms with Crippen LogP contribution in [0.4, 0.5) is 10.1 Å². The Morgan fingerprint density at radius 3 is 2.81 bits per heavy atom. The zero-order chi connectivity index (χ0) is 29.7. The molecule has 1 aliphatic heterocycles. The normalized spacial score (nSPS) is 12.7. The molecule has 9 nitrogen and oxygen atoms in total. The SMILES string of the molecule is CNc1ccc(-c2nsc(-c3cc4c(-c5cc(F)c6c(c5C)CCCO6)c(CC(=O)O)c(C)nc4n3C)n2)cc1C=N. The summed E-state index contributed by atoms with van der Waals surface area (Å²) in [4.78, 5) is 21.6. The first kappa shape index (κ1) is 27.5. The molecule has 0 unspecified atom stereocenters. The number of halogens is 1. The maximum Gasteiger partial charge on any atom is 0.307 e. The number of aryl methyl sites for hydroxylation is 2. The number of nitrogens with one attached hydrogen (secondary N) is 2. The van der Waals surface area contributed by atoms with Crippen LogP contribution in [-0.4, -0.2) is 49.9 Å². The number of carboxylic acid groups (broad SMARTS) is 1. The lowest BCUT2D eigenvalue weighted by molar-refractivity contribution is -0.136. The van der Waals surface area contributed by atoms with Crippen LogP contribution in [0.2, 0.25) is 0 Å². The van der Waals surface area contributed by atoms with E-state index in [1.54, 1.807) is 14.0 Å². The minimum atomic E-state index is -0.988. The molecule has 0 bridgehead atoms. The molecule has 0 saturated heterocycles. The number of benzene rings is 2. The summed E-state index contributed by atoms with van der Waals surface area (Å²) < 4.78 is 27.6. The number of pyridine rings is 1. The smallest absolute Gasteiger partial charge is 0.307 e. The minimum absolute atomic E-state index is 0.246. The monoisotopic (exact) mass is 584 g/mol. The lowest BCUT2D eigenvalue weighted by atomic mass is 9.87. The van der Waals surface area contributed by atoms with Gasteiger partial charge in [0.25, 0.3) is 0 Å². The Morgan fingerprint density at radius 1 is 1.26 bits per heavy atom. The quantitative estimate of drug-likeness (QED) is 0.195. The lowest BCUT2D eigenvalue weighted by Gasteiger charge is -2.23. The zero-order valence-corrected chi connectivity index (χ0v) is 24.4. The molecule has 0 fully saturated rings. The Kier molecular flexibility index (Phi) is 6.97. The van der Waals surface area contributed by atoms with Gasteiger partial charge in [0.05, 0.1) is 18.7 Å². The van der Waals surface area contributed by atoms with Gasteiger partial charge in [0.15, 0.2) is 22.4 Å². The highest BCUT2D eigenvalue weighted by molar-refractivity contribution is 7.09. The highest BCUT2D eigenvalue weighted by Gasteiger charge is 2.27. The van der Waals surface area contributed by atoms with Crippen molar-refractivity contribution in [2.75, 3.05) is 19.0 Å². The van der Waals surface area contributed by atoms with E-state index in [2.05, 4.69) is 9.69 Å². The summed E-state index contributed by atoms with van der Waals surface area (Å²) in [6.07, 6.45) is 2.52. The van der Waals surface area contributed by atoms with Crippen molar-refractivity contribution in [3.05, 3.63) is 64.1 Å². The van der Waals surface area contributed by atoms with Crippen LogP contribution in [0.5, 0.6) is 5.75 Å². The van der Waals surface area contributed by atoms with Crippen molar-refractivity contribution in [3.8, 4) is 39.0 Å². The van der Waals surface area contributed by atoms with Gasteiger partial charge in [-0.2, -0.15) is 4.37 Å².